The molecular weight excluding hydrogens is 413 g/mol. The van der Waals surface area contributed by atoms with Crippen molar-refractivity contribution in [3.63, 3.8) is 0 Å². The van der Waals surface area contributed by atoms with Crippen LogP contribution in [0.25, 0.3) is 11.0 Å². The fraction of sp³-hybridized carbons (Fsp3) is 0.435. The van der Waals surface area contributed by atoms with E-state index in [1.807, 2.05) is 42.5 Å². The topological polar surface area (TPSA) is 93.4 Å². The van der Waals surface area contributed by atoms with Crippen LogP contribution in [0.4, 0.5) is 0 Å². The van der Waals surface area contributed by atoms with Crippen LogP contribution in [-0.2, 0) is 35.3 Å². The van der Waals surface area contributed by atoms with Gasteiger partial charge in [-0.2, -0.15) is 0 Å². The third-order valence-electron chi connectivity index (χ3n) is 5.29. The van der Waals surface area contributed by atoms with Crippen LogP contribution in [0.2, 0.25) is 0 Å². The molecule has 2 N–H and O–H groups in total. The monoisotopic (exact) mass is 445 g/mol. The van der Waals surface area contributed by atoms with Crippen LogP contribution >= 0.6 is 7.60 Å². The highest BCUT2D eigenvalue weighted by atomic mass is 31.2. The first kappa shape index (κ1) is 23.5. The minimum absolute atomic E-state index is 0.0528. The van der Waals surface area contributed by atoms with Crippen molar-refractivity contribution in [3.05, 3.63) is 59.9 Å². The van der Waals surface area contributed by atoms with E-state index in [0.717, 1.165) is 41.1 Å². The molecule has 8 heteroatoms. The van der Waals surface area contributed by atoms with Crippen molar-refractivity contribution in [1.82, 2.24) is 4.57 Å². The van der Waals surface area contributed by atoms with Crippen LogP contribution < -0.4 is 19.9 Å². The van der Waals surface area contributed by atoms with E-state index in [9.17, 15) is 9.46 Å². The molecule has 0 bridgehead atoms. The Bertz CT molecular complexity index is 1040. The second-order valence-corrected chi connectivity index (χ2v) is 9.33. The Kier molecular flexibility index (Phi) is 8.27. The maximum atomic E-state index is 11.8. The molecule has 31 heavy (non-hydrogen) atoms. The molecule has 0 amide bonds. The molecule has 0 saturated carbocycles. The molecule has 0 radical (unpaired) electrons. The predicted octanol–water partition coefficient (Wildman–Crippen LogP) is 3.36. The summed E-state index contributed by atoms with van der Waals surface area (Å²) >= 11 is 0. The molecule has 3 rings (SSSR count). The zero-order valence-electron chi connectivity index (χ0n) is 18.3. The third kappa shape index (κ3) is 5.95. The number of hydrogen-bond acceptors (Lipinski definition) is 5. The summed E-state index contributed by atoms with van der Waals surface area (Å²) in [5, 5.41) is 0. The molecule has 0 aliphatic heterocycles. The number of ether oxygens (including phenoxy) is 1. The Balaban J connectivity index is 1.79. The summed E-state index contributed by atoms with van der Waals surface area (Å²) in [5.74, 6) is 1.81. The highest BCUT2D eigenvalue weighted by Crippen LogP contribution is 2.37. The van der Waals surface area contributed by atoms with Gasteiger partial charge in [0.05, 0.1) is 26.2 Å². The molecule has 0 spiro atoms. The molecule has 2 aromatic carbocycles. The highest BCUT2D eigenvalue weighted by molar-refractivity contribution is 7.51. The molecule has 0 aliphatic carbocycles. The van der Waals surface area contributed by atoms with Crippen molar-refractivity contribution < 1.29 is 23.3 Å². The number of aryl methyl sites for hydroxylation is 2. The summed E-state index contributed by atoms with van der Waals surface area (Å²) in [7, 11) is -3.74. The molecule has 1 atom stereocenters. The molecule has 0 aliphatic rings. The number of hydrogen-bond donors (Lipinski definition) is 1. The lowest BCUT2D eigenvalue weighted by molar-refractivity contribution is -0.676. The minimum atomic E-state index is -3.74. The number of nitrogens with two attached hydrogens (primary N) is 1. The Morgan fingerprint density at radius 1 is 1.13 bits per heavy atom. The number of nitrogens with zero attached hydrogens (tertiary/aromatic N) is 2. The predicted molar refractivity (Wildman–Crippen MR) is 120 cm³/mol. The van der Waals surface area contributed by atoms with E-state index in [-0.39, 0.29) is 12.8 Å². The zero-order chi connectivity index (χ0) is 22.3. The van der Waals surface area contributed by atoms with Gasteiger partial charge < -0.3 is 24.5 Å². The van der Waals surface area contributed by atoms with Crippen molar-refractivity contribution in [2.45, 2.75) is 52.9 Å². The van der Waals surface area contributed by atoms with Gasteiger partial charge in [-0.25, -0.2) is 9.13 Å². The van der Waals surface area contributed by atoms with Crippen LogP contribution in [0.5, 0.6) is 5.75 Å². The first-order valence-electron chi connectivity index (χ1n) is 10.9. The van der Waals surface area contributed by atoms with Crippen LogP contribution in [0.1, 0.15) is 38.1 Å². The lowest BCUT2D eigenvalue weighted by Crippen LogP contribution is -2.38. The first-order valence-corrected chi connectivity index (χ1v) is 12.6. The summed E-state index contributed by atoms with van der Waals surface area (Å²) in [5.41, 5.74) is 9.34. The average molecular weight is 446 g/mol. The summed E-state index contributed by atoms with van der Waals surface area (Å²) in [6, 6.07) is 16.1. The van der Waals surface area contributed by atoms with Gasteiger partial charge in [-0.05, 0) is 44.4 Å². The van der Waals surface area contributed by atoms with Crippen molar-refractivity contribution in [1.29, 1.82) is 0 Å². The number of aromatic nitrogens is 2. The summed E-state index contributed by atoms with van der Waals surface area (Å²) < 4.78 is 27.1. The lowest BCUT2D eigenvalue weighted by atomic mass is 10.2. The van der Waals surface area contributed by atoms with Gasteiger partial charge in [-0.15, -0.1) is 0 Å². The van der Waals surface area contributed by atoms with Crippen LogP contribution in [-0.4, -0.2) is 17.3 Å². The number of fused-ring (bicyclic) bond motifs is 1. The second-order valence-electron chi connectivity index (χ2n) is 7.40. The molecule has 0 fully saturated rings. The normalized spacial score (nSPS) is 13.4. The third-order valence-corrected chi connectivity index (χ3v) is 6.80. The average Bonchev–Trinajstić information content (AvgIpc) is 3.07. The van der Waals surface area contributed by atoms with E-state index in [2.05, 4.69) is 22.1 Å². The van der Waals surface area contributed by atoms with Crippen molar-refractivity contribution in [2.24, 2.45) is 5.73 Å². The van der Waals surface area contributed by atoms with E-state index in [0.29, 0.717) is 26.1 Å². The summed E-state index contributed by atoms with van der Waals surface area (Å²) in [6.45, 7) is 6.36. The molecule has 1 unspecified atom stereocenters. The SMILES string of the molecule is CCOP(=O)([O-])CCCCn1c(CN)[n+](CC)c2ccc(OCc3ccccc3)cc21. The fourth-order valence-electron chi connectivity index (χ4n) is 3.86. The van der Waals surface area contributed by atoms with Gasteiger partial charge in [0.25, 0.3) is 5.82 Å². The van der Waals surface area contributed by atoms with E-state index in [4.69, 9.17) is 15.0 Å². The molecule has 7 nitrogen and oxygen atoms in total. The Morgan fingerprint density at radius 2 is 1.90 bits per heavy atom. The van der Waals surface area contributed by atoms with E-state index >= 15 is 0 Å². The Hall–Kier alpha value is -2.18. The van der Waals surface area contributed by atoms with Gasteiger partial charge >= 0.3 is 0 Å². The maximum Gasteiger partial charge on any atom is 0.271 e. The van der Waals surface area contributed by atoms with Gasteiger partial charge in [0.15, 0.2) is 11.0 Å². The molecule has 1 aromatic heterocycles. The van der Waals surface area contributed by atoms with E-state index < -0.39 is 7.60 Å². The van der Waals surface area contributed by atoms with Gasteiger partial charge in [-0.1, -0.05) is 30.3 Å². The van der Waals surface area contributed by atoms with Gasteiger partial charge in [0, 0.05) is 12.2 Å². The largest absolute Gasteiger partial charge is 0.778 e. The van der Waals surface area contributed by atoms with Crippen LogP contribution in [0.15, 0.2) is 48.5 Å². The van der Waals surface area contributed by atoms with Gasteiger partial charge in [0.1, 0.15) is 20.0 Å². The molecule has 0 saturated heterocycles. The molecule has 1 heterocycles. The highest BCUT2D eigenvalue weighted by Gasteiger charge is 2.23. The summed E-state index contributed by atoms with van der Waals surface area (Å²) in [6.07, 6.45) is 1.31. The number of unbranched alkanes of at least 4 members (excludes halogenated alkanes) is 1. The minimum Gasteiger partial charge on any atom is -0.778 e. The van der Waals surface area contributed by atoms with Crippen molar-refractivity contribution >= 4 is 18.6 Å². The number of rotatable bonds is 12. The van der Waals surface area contributed by atoms with Gasteiger partial charge in [0.2, 0.25) is 0 Å². The number of imidazole rings is 1. The Morgan fingerprint density at radius 3 is 2.58 bits per heavy atom. The second kappa shape index (κ2) is 10.9. The van der Waals surface area contributed by atoms with Crippen LogP contribution in [0.3, 0.4) is 0 Å². The number of benzene rings is 2. The fourth-order valence-corrected chi connectivity index (χ4v) is 4.99. The van der Waals surface area contributed by atoms with E-state index in [1.165, 1.54) is 0 Å². The zero-order valence-corrected chi connectivity index (χ0v) is 19.2. The van der Waals surface area contributed by atoms with Crippen molar-refractivity contribution in [2.75, 3.05) is 12.8 Å². The lowest BCUT2D eigenvalue weighted by Gasteiger charge is -2.21. The van der Waals surface area contributed by atoms with Gasteiger partial charge in [-0.3, -0.25) is 0 Å². The molecule has 168 valence electrons. The Labute approximate surface area is 183 Å². The molecular formula is C23H32N3O4P. The molecule has 3 aromatic rings. The van der Waals surface area contributed by atoms with E-state index in [1.54, 1.807) is 6.92 Å². The van der Waals surface area contributed by atoms with Crippen LogP contribution in [0, 0.1) is 0 Å². The smallest absolute Gasteiger partial charge is 0.271 e. The first-order chi connectivity index (χ1) is 15.0. The standard InChI is InChI=1S/C23H32N3O4P/c1-3-25-21-13-12-20(29-18-19-10-6-5-7-11-19)16-22(21)26(23(25)17-24)14-8-9-15-31(27,28)30-4-2/h5-7,10-13,16H,3-4,8-9,14-15,17-18,24H2,1-2H3. The maximum absolute atomic E-state index is 11.8. The summed E-state index contributed by atoms with van der Waals surface area (Å²) in [4.78, 5) is 11.8. The quantitative estimate of drug-likeness (QED) is 0.262. The van der Waals surface area contributed by atoms with Crippen molar-refractivity contribution in [3.8, 4) is 5.75 Å².